The van der Waals surface area contributed by atoms with Crippen molar-refractivity contribution in [2.24, 2.45) is 17.8 Å². The molecule has 1 spiro atoms. The van der Waals surface area contributed by atoms with Crippen molar-refractivity contribution >= 4 is 34.4 Å². The molecule has 1 aromatic heterocycles. The number of aliphatic hydroxyl groups is 1. The smallest absolute Gasteiger partial charge is 0.247 e. The normalized spacial score (nSPS) is 31.9. The fraction of sp³-hybridized carbons (Fsp3) is 0.464. The van der Waals surface area contributed by atoms with E-state index in [9.17, 15) is 19.5 Å². The zero-order valence-corrected chi connectivity index (χ0v) is 22.1. The Bertz CT molecular complexity index is 1440. The Labute approximate surface area is 225 Å². The van der Waals surface area contributed by atoms with Crippen LogP contribution in [0.3, 0.4) is 0 Å². The summed E-state index contributed by atoms with van der Waals surface area (Å²) in [4.78, 5) is 43.1. The monoisotopic (exact) mass is 532 g/mol. The molecule has 6 rings (SSSR count). The third-order valence-corrected chi connectivity index (χ3v) is 8.89. The Kier molecular flexibility index (Phi) is 5.96. The van der Waals surface area contributed by atoms with E-state index in [1.165, 1.54) is 4.90 Å². The Hall–Kier alpha value is -3.83. The first-order valence-electron chi connectivity index (χ1n) is 13.3. The number of hydrogen-bond acceptors (Lipinski definition) is 7. The van der Waals surface area contributed by atoms with Crippen LogP contribution in [0.5, 0.6) is 0 Å². The zero-order valence-electron chi connectivity index (χ0n) is 22.1. The van der Waals surface area contributed by atoms with Gasteiger partial charge in [-0.25, -0.2) is 4.68 Å². The molecule has 204 valence electrons. The van der Waals surface area contributed by atoms with E-state index < -0.39 is 41.0 Å². The largest absolute Gasteiger partial charge is 0.394 e. The zero-order chi connectivity index (χ0) is 27.5. The maximum atomic E-state index is 14.1. The number of ether oxygens (including phenoxy) is 1. The van der Waals surface area contributed by atoms with E-state index in [0.717, 1.165) is 5.52 Å². The lowest BCUT2D eigenvalue weighted by molar-refractivity contribution is -0.149. The highest BCUT2D eigenvalue weighted by molar-refractivity contribution is 6.02. The predicted octanol–water partition coefficient (Wildman–Crippen LogP) is 1.54. The van der Waals surface area contributed by atoms with Crippen molar-refractivity contribution in [3.63, 3.8) is 0 Å². The summed E-state index contributed by atoms with van der Waals surface area (Å²) in [6.07, 6.45) is 0.439. The number of rotatable bonds is 7. The quantitative estimate of drug-likeness (QED) is 0.420. The summed E-state index contributed by atoms with van der Waals surface area (Å²) in [5, 5.41) is 24.2. The number of fused-ring (bicyclic) bond motifs is 2. The molecule has 3 saturated heterocycles. The Balaban J connectivity index is 1.34. The molecule has 2 aromatic carbocycles. The average Bonchev–Trinajstić information content (AvgIpc) is 3.60. The number of benzene rings is 2. The van der Waals surface area contributed by atoms with Crippen LogP contribution >= 0.6 is 0 Å². The highest BCUT2D eigenvalue weighted by Gasteiger charge is 2.80. The molecular formula is C28H32N6O5. The summed E-state index contributed by atoms with van der Waals surface area (Å²) in [5.74, 6) is -2.86. The number of amides is 3. The number of aliphatic hydroxyl groups excluding tert-OH is 1. The fourth-order valence-corrected chi connectivity index (χ4v) is 6.96. The molecule has 3 aliphatic rings. The van der Waals surface area contributed by atoms with Gasteiger partial charge in [-0.15, -0.1) is 5.10 Å². The molecule has 3 unspecified atom stereocenters. The van der Waals surface area contributed by atoms with Crippen LogP contribution in [0, 0.1) is 17.8 Å². The van der Waals surface area contributed by atoms with Gasteiger partial charge in [0, 0.05) is 5.69 Å². The predicted molar refractivity (Wildman–Crippen MR) is 141 cm³/mol. The van der Waals surface area contributed by atoms with Crippen LogP contribution < -0.4 is 10.6 Å². The molecule has 3 aliphatic heterocycles. The van der Waals surface area contributed by atoms with Crippen molar-refractivity contribution < 1.29 is 24.2 Å². The number of hydrogen-bond donors (Lipinski definition) is 3. The van der Waals surface area contributed by atoms with E-state index in [-0.39, 0.29) is 31.0 Å². The van der Waals surface area contributed by atoms with E-state index in [0.29, 0.717) is 17.6 Å². The minimum absolute atomic E-state index is 0.0386. The van der Waals surface area contributed by atoms with E-state index in [2.05, 4.69) is 20.9 Å². The maximum Gasteiger partial charge on any atom is 0.247 e. The first kappa shape index (κ1) is 25.4. The second kappa shape index (κ2) is 9.13. The molecule has 7 atom stereocenters. The van der Waals surface area contributed by atoms with Gasteiger partial charge in [0.05, 0.1) is 35.6 Å². The van der Waals surface area contributed by atoms with Gasteiger partial charge in [-0.3, -0.25) is 14.4 Å². The molecular weight excluding hydrogens is 500 g/mol. The van der Waals surface area contributed by atoms with Crippen molar-refractivity contribution in [3.05, 3.63) is 54.6 Å². The van der Waals surface area contributed by atoms with Crippen LogP contribution in [-0.4, -0.2) is 72.6 Å². The van der Waals surface area contributed by atoms with Gasteiger partial charge in [0.1, 0.15) is 23.8 Å². The summed E-state index contributed by atoms with van der Waals surface area (Å²) in [6, 6.07) is 14.8. The van der Waals surface area contributed by atoms with Crippen molar-refractivity contribution in [2.75, 3.05) is 11.9 Å². The maximum absolute atomic E-state index is 14.1. The van der Waals surface area contributed by atoms with Gasteiger partial charge >= 0.3 is 0 Å². The van der Waals surface area contributed by atoms with Crippen molar-refractivity contribution in [1.29, 1.82) is 0 Å². The van der Waals surface area contributed by atoms with Gasteiger partial charge in [-0.2, -0.15) is 0 Å². The fourth-order valence-electron chi connectivity index (χ4n) is 6.96. The highest BCUT2D eigenvalue weighted by atomic mass is 16.5. The Morgan fingerprint density at radius 2 is 1.87 bits per heavy atom. The van der Waals surface area contributed by atoms with Crippen LogP contribution in [0.2, 0.25) is 0 Å². The van der Waals surface area contributed by atoms with Gasteiger partial charge in [-0.1, -0.05) is 42.5 Å². The number of likely N-dealkylation sites (tertiary alicyclic amines) is 1. The minimum Gasteiger partial charge on any atom is -0.394 e. The number of carbonyl (C=O) groups excluding carboxylic acids is 3. The number of nitrogens with zero attached hydrogens (tertiary/aromatic N) is 4. The van der Waals surface area contributed by atoms with Gasteiger partial charge in [-0.05, 0) is 50.5 Å². The van der Waals surface area contributed by atoms with Crippen LogP contribution in [0.1, 0.15) is 27.2 Å². The molecule has 4 heterocycles. The third-order valence-electron chi connectivity index (χ3n) is 8.89. The molecule has 3 fully saturated rings. The van der Waals surface area contributed by atoms with Crippen molar-refractivity contribution in [3.8, 4) is 0 Å². The van der Waals surface area contributed by atoms with Crippen LogP contribution in [-0.2, 0) is 25.8 Å². The lowest BCUT2D eigenvalue weighted by Gasteiger charge is -2.36. The van der Waals surface area contributed by atoms with E-state index in [1.807, 2.05) is 56.3 Å². The average molecular weight is 533 g/mol. The van der Waals surface area contributed by atoms with Crippen molar-refractivity contribution in [2.45, 2.75) is 57.1 Å². The topological polar surface area (TPSA) is 139 Å². The van der Waals surface area contributed by atoms with Crippen molar-refractivity contribution in [1.82, 2.24) is 25.2 Å². The van der Waals surface area contributed by atoms with Crippen LogP contribution in [0.15, 0.2) is 54.6 Å². The minimum atomic E-state index is -1.21. The number of aromatic nitrogens is 3. The van der Waals surface area contributed by atoms with E-state index in [4.69, 9.17) is 4.74 Å². The number of para-hydroxylation sites is 2. The summed E-state index contributed by atoms with van der Waals surface area (Å²) >= 11 is 0. The lowest BCUT2D eigenvalue weighted by atomic mass is 9.62. The summed E-state index contributed by atoms with van der Waals surface area (Å²) in [5.41, 5.74) is -0.0653. The van der Waals surface area contributed by atoms with Crippen LogP contribution in [0.25, 0.3) is 11.0 Å². The SMILES string of the molecule is CC1CC23O[C@]1(C)[C@@H](C(=O)Nc1ccccc1)[C@H]2C(=O)N([C@H](C)CO)C3C(=O)NCn1nnc2ccccc21. The molecule has 0 aliphatic carbocycles. The molecule has 3 aromatic rings. The first-order chi connectivity index (χ1) is 18.7. The number of carbonyl (C=O) groups is 3. The third kappa shape index (κ3) is 3.67. The van der Waals surface area contributed by atoms with Gasteiger partial charge in [0.15, 0.2) is 0 Å². The summed E-state index contributed by atoms with van der Waals surface area (Å²) in [7, 11) is 0. The standard InChI is InChI=1S/C28H32N6O5/c1-16-13-28-22(21(27(16,3)39-28)24(36)30-18-9-5-4-6-10-18)26(38)34(17(2)14-35)23(28)25(37)29-15-33-20-12-8-7-11-19(20)31-32-33/h4-12,16-17,21-23,35H,13-15H2,1-3H3,(H,29,37)(H,30,36)/t16?,17-,21-,22+,23?,27+,28?/m1/s1. The molecule has 3 amide bonds. The molecule has 3 N–H and O–H groups in total. The van der Waals surface area contributed by atoms with Gasteiger partial charge in [0.2, 0.25) is 17.7 Å². The summed E-state index contributed by atoms with van der Waals surface area (Å²) < 4.78 is 8.27. The molecule has 11 heteroatoms. The molecule has 0 saturated carbocycles. The van der Waals surface area contributed by atoms with E-state index >= 15 is 0 Å². The van der Waals surface area contributed by atoms with Crippen LogP contribution in [0.4, 0.5) is 5.69 Å². The summed E-state index contributed by atoms with van der Waals surface area (Å²) in [6.45, 7) is 5.25. The Morgan fingerprint density at radius 3 is 2.62 bits per heavy atom. The van der Waals surface area contributed by atoms with Gasteiger partial charge < -0.3 is 25.4 Å². The second-order valence-corrected chi connectivity index (χ2v) is 11.1. The second-order valence-electron chi connectivity index (χ2n) is 11.1. The molecule has 11 nitrogen and oxygen atoms in total. The number of nitrogens with one attached hydrogen (secondary N) is 2. The molecule has 2 bridgehead atoms. The highest BCUT2D eigenvalue weighted by Crippen LogP contribution is 2.65. The lowest BCUT2D eigenvalue weighted by Crippen LogP contribution is -2.57. The number of anilines is 1. The first-order valence-corrected chi connectivity index (χ1v) is 13.3. The molecule has 0 radical (unpaired) electrons. The molecule has 39 heavy (non-hydrogen) atoms. The Morgan fingerprint density at radius 1 is 1.15 bits per heavy atom. The van der Waals surface area contributed by atoms with Gasteiger partial charge in [0.25, 0.3) is 0 Å². The van der Waals surface area contributed by atoms with E-state index in [1.54, 1.807) is 23.7 Å².